The number of thioether (sulfide) groups is 1. The van der Waals surface area contributed by atoms with Crippen LogP contribution >= 0.6 is 11.8 Å². The van der Waals surface area contributed by atoms with E-state index in [2.05, 4.69) is 16.7 Å². The second-order valence-electron chi connectivity index (χ2n) is 2.64. The molecular formula is C7H12N2S. The van der Waals surface area contributed by atoms with Gasteiger partial charge in [0.15, 0.2) is 0 Å². The molecule has 0 bridgehead atoms. The van der Waals surface area contributed by atoms with E-state index in [1.54, 1.807) is 4.91 Å². The fraction of sp³-hybridized carbons (Fsp3) is 0.714. The summed E-state index contributed by atoms with van der Waals surface area (Å²) < 4.78 is 0. The normalized spacial score (nSPS) is 32.8. The molecule has 2 aliphatic rings. The third-order valence-corrected chi connectivity index (χ3v) is 3.06. The molecular weight excluding hydrogens is 144 g/mol. The summed E-state index contributed by atoms with van der Waals surface area (Å²) in [6.45, 7) is 2.21. The van der Waals surface area contributed by atoms with Crippen molar-refractivity contribution < 1.29 is 0 Å². The van der Waals surface area contributed by atoms with Crippen molar-refractivity contribution >= 4 is 11.8 Å². The van der Waals surface area contributed by atoms with E-state index in [-0.39, 0.29) is 0 Å². The lowest BCUT2D eigenvalue weighted by atomic mass is 10.2. The van der Waals surface area contributed by atoms with Gasteiger partial charge in [0.1, 0.15) is 0 Å². The summed E-state index contributed by atoms with van der Waals surface area (Å²) in [4.78, 5) is 1.55. The molecule has 2 N–H and O–H groups in total. The Morgan fingerprint density at radius 3 is 3.60 bits per heavy atom. The minimum Gasteiger partial charge on any atom is -0.313 e. The summed E-state index contributed by atoms with van der Waals surface area (Å²) in [5.74, 6) is 1.11. The maximum atomic E-state index is 3.45. The van der Waals surface area contributed by atoms with Crippen molar-refractivity contribution in [2.24, 2.45) is 0 Å². The Morgan fingerprint density at radius 1 is 1.60 bits per heavy atom. The molecule has 2 nitrogen and oxygen atoms in total. The van der Waals surface area contributed by atoms with Gasteiger partial charge in [-0.1, -0.05) is 6.08 Å². The molecule has 1 fully saturated rings. The minimum absolute atomic E-state index is 0.667. The maximum absolute atomic E-state index is 3.45. The topological polar surface area (TPSA) is 24.1 Å². The predicted molar refractivity (Wildman–Crippen MR) is 45.0 cm³/mol. The Kier molecular flexibility index (Phi) is 1.97. The van der Waals surface area contributed by atoms with E-state index in [0.717, 1.165) is 19.0 Å². The van der Waals surface area contributed by atoms with Crippen LogP contribution in [-0.2, 0) is 0 Å². The fourth-order valence-electron chi connectivity index (χ4n) is 1.39. The van der Waals surface area contributed by atoms with Crippen LogP contribution in [0.25, 0.3) is 0 Å². The van der Waals surface area contributed by atoms with Crippen LogP contribution in [0.2, 0.25) is 0 Å². The van der Waals surface area contributed by atoms with Gasteiger partial charge in [-0.05, 0) is 13.0 Å². The predicted octanol–water partition coefficient (Wildman–Crippen LogP) is 0.526. The average Bonchev–Trinajstić information content (AvgIpc) is 2.28. The monoisotopic (exact) mass is 156 g/mol. The second kappa shape index (κ2) is 2.95. The van der Waals surface area contributed by atoms with Gasteiger partial charge in [0.25, 0.3) is 0 Å². The zero-order chi connectivity index (χ0) is 6.81. The van der Waals surface area contributed by atoms with Crippen molar-refractivity contribution in [1.29, 1.82) is 0 Å². The van der Waals surface area contributed by atoms with E-state index in [0.29, 0.717) is 6.04 Å². The first-order valence-corrected chi connectivity index (χ1v) is 4.72. The molecule has 1 saturated heterocycles. The third-order valence-electron chi connectivity index (χ3n) is 1.97. The van der Waals surface area contributed by atoms with Crippen LogP contribution < -0.4 is 10.6 Å². The van der Waals surface area contributed by atoms with Crippen LogP contribution in [0.5, 0.6) is 0 Å². The lowest BCUT2D eigenvalue weighted by Gasteiger charge is -2.06. The first-order chi connectivity index (χ1) is 4.97. The van der Waals surface area contributed by atoms with Gasteiger partial charge in [0.2, 0.25) is 0 Å². The maximum Gasteiger partial charge on any atom is 0.0468 e. The van der Waals surface area contributed by atoms with Crippen molar-refractivity contribution in [2.75, 3.05) is 19.0 Å². The zero-order valence-corrected chi connectivity index (χ0v) is 6.71. The molecule has 2 aliphatic heterocycles. The molecule has 1 atom stereocenters. The summed E-state index contributed by atoms with van der Waals surface area (Å²) in [6.07, 6.45) is 3.56. The average molecular weight is 156 g/mol. The SMILES string of the molecule is C1=C2SCNC2CCNC1. The molecule has 0 amide bonds. The number of rotatable bonds is 0. The van der Waals surface area contributed by atoms with Gasteiger partial charge in [-0.25, -0.2) is 0 Å². The molecule has 0 aromatic rings. The van der Waals surface area contributed by atoms with Crippen LogP contribution in [-0.4, -0.2) is 25.0 Å². The van der Waals surface area contributed by atoms with Crippen molar-refractivity contribution in [1.82, 2.24) is 10.6 Å². The van der Waals surface area contributed by atoms with Crippen molar-refractivity contribution in [3.8, 4) is 0 Å². The molecule has 56 valence electrons. The summed E-state index contributed by atoms with van der Waals surface area (Å²) >= 11 is 1.95. The van der Waals surface area contributed by atoms with Gasteiger partial charge in [0.05, 0.1) is 0 Å². The fourth-order valence-corrected chi connectivity index (χ4v) is 2.45. The highest BCUT2D eigenvalue weighted by molar-refractivity contribution is 8.03. The summed E-state index contributed by atoms with van der Waals surface area (Å²) in [6, 6.07) is 0.667. The van der Waals surface area contributed by atoms with E-state index >= 15 is 0 Å². The summed E-state index contributed by atoms with van der Waals surface area (Å²) in [7, 11) is 0. The number of hydrogen-bond acceptors (Lipinski definition) is 3. The molecule has 2 rings (SSSR count). The lowest BCUT2D eigenvalue weighted by molar-refractivity contribution is 0.595. The van der Waals surface area contributed by atoms with E-state index in [4.69, 9.17) is 0 Å². The van der Waals surface area contributed by atoms with Crippen LogP contribution in [0.15, 0.2) is 11.0 Å². The zero-order valence-electron chi connectivity index (χ0n) is 5.89. The van der Waals surface area contributed by atoms with Gasteiger partial charge >= 0.3 is 0 Å². The van der Waals surface area contributed by atoms with E-state index in [1.165, 1.54) is 6.42 Å². The van der Waals surface area contributed by atoms with Crippen molar-refractivity contribution in [3.63, 3.8) is 0 Å². The van der Waals surface area contributed by atoms with Crippen LogP contribution in [0.3, 0.4) is 0 Å². The summed E-state index contributed by atoms with van der Waals surface area (Å²) in [5, 5.41) is 6.80. The van der Waals surface area contributed by atoms with E-state index < -0.39 is 0 Å². The smallest absolute Gasteiger partial charge is 0.0468 e. The van der Waals surface area contributed by atoms with E-state index in [9.17, 15) is 0 Å². The highest BCUT2D eigenvalue weighted by Gasteiger charge is 2.21. The Balaban J connectivity index is 2.10. The first kappa shape index (κ1) is 6.70. The number of fused-ring (bicyclic) bond motifs is 1. The molecule has 3 heteroatoms. The first-order valence-electron chi connectivity index (χ1n) is 3.74. The highest BCUT2D eigenvalue weighted by Crippen LogP contribution is 2.27. The van der Waals surface area contributed by atoms with Gasteiger partial charge in [0, 0.05) is 23.4 Å². The molecule has 0 saturated carbocycles. The Morgan fingerprint density at radius 2 is 2.60 bits per heavy atom. The van der Waals surface area contributed by atoms with Crippen molar-refractivity contribution in [3.05, 3.63) is 11.0 Å². The third kappa shape index (κ3) is 1.21. The largest absolute Gasteiger partial charge is 0.313 e. The second-order valence-corrected chi connectivity index (χ2v) is 3.69. The van der Waals surface area contributed by atoms with Gasteiger partial charge in [-0.2, -0.15) is 0 Å². The quantitative estimate of drug-likeness (QED) is 0.535. The standard InChI is InChI=1S/C7H12N2S/c1-3-8-4-2-7-6(1)9-5-10-7/h2,6,8-9H,1,3-5H2. The molecule has 0 aromatic carbocycles. The Hall–Kier alpha value is 0.01000. The highest BCUT2D eigenvalue weighted by atomic mass is 32.2. The molecule has 2 heterocycles. The molecule has 0 aromatic heterocycles. The lowest BCUT2D eigenvalue weighted by Crippen LogP contribution is -2.25. The van der Waals surface area contributed by atoms with Crippen molar-refractivity contribution in [2.45, 2.75) is 12.5 Å². The van der Waals surface area contributed by atoms with Gasteiger partial charge in [-0.3, -0.25) is 0 Å². The summed E-state index contributed by atoms with van der Waals surface area (Å²) in [5.41, 5.74) is 0. The number of hydrogen-bond donors (Lipinski definition) is 2. The molecule has 10 heavy (non-hydrogen) atoms. The van der Waals surface area contributed by atoms with Gasteiger partial charge < -0.3 is 10.6 Å². The van der Waals surface area contributed by atoms with Crippen LogP contribution in [0.4, 0.5) is 0 Å². The molecule has 0 radical (unpaired) electrons. The molecule has 1 unspecified atom stereocenters. The van der Waals surface area contributed by atoms with E-state index in [1.807, 2.05) is 11.8 Å². The van der Waals surface area contributed by atoms with Crippen LogP contribution in [0.1, 0.15) is 6.42 Å². The Bertz CT molecular complexity index is 156. The molecule has 0 aliphatic carbocycles. The van der Waals surface area contributed by atoms with Crippen LogP contribution in [0, 0.1) is 0 Å². The Labute approximate surface area is 65.5 Å². The minimum atomic E-state index is 0.667. The number of nitrogens with one attached hydrogen (secondary N) is 2. The molecule has 0 spiro atoms. The van der Waals surface area contributed by atoms with Gasteiger partial charge in [-0.15, -0.1) is 11.8 Å².